The molecule has 21 heavy (non-hydrogen) atoms. The smallest absolute Gasteiger partial charge is 0.243 e. The predicted molar refractivity (Wildman–Crippen MR) is 79.5 cm³/mol. The van der Waals surface area contributed by atoms with Crippen LogP contribution in [0.4, 0.5) is 5.69 Å². The first-order valence-corrected chi connectivity index (χ1v) is 7.74. The second kappa shape index (κ2) is 5.79. The lowest BCUT2D eigenvalue weighted by molar-refractivity contribution is 0.396. The van der Waals surface area contributed by atoms with E-state index in [1.165, 1.54) is 36.7 Å². The minimum absolute atomic E-state index is 0.124. The van der Waals surface area contributed by atoms with Crippen LogP contribution in [-0.4, -0.2) is 26.9 Å². The van der Waals surface area contributed by atoms with Crippen molar-refractivity contribution < 1.29 is 17.6 Å². The molecule has 0 radical (unpaired) electrons. The fraction of sp³-hybridized carbons (Fsp3) is 0.286. The van der Waals surface area contributed by atoms with Gasteiger partial charge in [-0.25, -0.2) is 8.42 Å². The van der Waals surface area contributed by atoms with Gasteiger partial charge in [0, 0.05) is 13.1 Å². The highest BCUT2D eigenvalue weighted by Crippen LogP contribution is 2.26. The molecule has 114 valence electrons. The van der Waals surface area contributed by atoms with E-state index in [1.54, 1.807) is 12.1 Å². The van der Waals surface area contributed by atoms with E-state index < -0.39 is 10.0 Å². The van der Waals surface area contributed by atoms with Gasteiger partial charge in [0.05, 0.1) is 24.2 Å². The largest absolute Gasteiger partial charge is 0.495 e. The number of aryl methyl sites for hydroxylation is 1. The Bertz CT molecular complexity index is 737. The third-order valence-electron chi connectivity index (χ3n) is 3.09. The van der Waals surface area contributed by atoms with Gasteiger partial charge < -0.3 is 14.9 Å². The van der Waals surface area contributed by atoms with Gasteiger partial charge in [-0.05, 0) is 31.2 Å². The van der Waals surface area contributed by atoms with Crippen molar-refractivity contribution >= 4 is 15.7 Å². The SMILES string of the molecule is COc1cc(S(=O)(=O)N(C)Cc2ccc(C)o2)ccc1N. The van der Waals surface area contributed by atoms with Gasteiger partial charge in [-0.2, -0.15) is 4.31 Å². The van der Waals surface area contributed by atoms with Crippen molar-refractivity contribution in [1.29, 1.82) is 0 Å². The Labute approximate surface area is 124 Å². The van der Waals surface area contributed by atoms with Gasteiger partial charge >= 0.3 is 0 Å². The van der Waals surface area contributed by atoms with E-state index in [2.05, 4.69) is 0 Å². The van der Waals surface area contributed by atoms with Crippen LogP contribution in [-0.2, 0) is 16.6 Å². The van der Waals surface area contributed by atoms with Crippen LogP contribution in [0.3, 0.4) is 0 Å². The van der Waals surface area contributed by atoms with Crippen molar-refractivity contribution in [3.05, 3.63) is 41.9 Å². The van der Waals surface area contributed by atoms with Gasteiger partial charge in [0.25, 0.3) is 0 Å². The molecule has 6 nitrogen and oxygen atoms in total. The molecule has 0 saturated heterocycles. The molecular formula is C14H18N2O4S. The Morgan fingerprint density at radius 1 is 1.29 bits per heavy atom. The van der Waals surface area contributed by atoms with E-state index in [-0.39, 0.29) is 11.4 Å². The maximum Gasteiger partial charge on any atom is 0.243 e. The molecule has 2 aromatic rings. The van der Waals surface area contributed by atoms with Crippen molar-refractivity contribution in [2.45, 2.75) is 18.4 Å². The van der Waals surface area contributed by atoms with Gasteiger partial charge in [0.15, 0.2) is 0 Å². The lowest BCUT2D eigenvalue weighted by atomic mass is 10.3. The molecule has 2 N–H and O–H groups in total. The minimum atomic E-state index is -3.64. The molecule has 0 atom stereocenters. The van der Waals surface area contributed by atoms with Crippen LogP contribution in [0.2, 0.25) is 0 Å². The van der Waals surface area contributed by atoms with Crippen molar-refractivity contribution in [3.63, 3.8) is 0 Å². The molecule has 0 bridgehead atoms. The molecule has 1 heterocycles. The first-order valence-electron chi connectivity index (χ1n) is 6.30. The van der Waals surface area contributed by atoms with Crippen molar-refractivity contribution in [2.75, 3.05) is 19.9 Å². The summed E-state index contributed by atoms with van der Waals surface area (Å²) in [6.07, 6.45) is 0. The molecular weight excluding hydrogens is 292 g/mol. The first kappa shape index (κ1) is 15.4. The number of nitrogen functional groups attached to an aromatic ring is 1. The third-order valence-corrected chi connectivity index (χ3v) is 4.89. The van der Waals surface area contributed by atoms with Gasteiger partial charge in [0.1, 0.15) is 17.3 Å². The van der Waals surface area contributed by atoms with E-state index in [0.717, 1.165) is 5.76 Å². The number of hydrogen-bond donors (Lipinski definition) is 1. The molecule has 0 saturated carbocycles. The predicted octanol–water partition coefficient (Wildman–Crippen LogP) is 2.00. The summed E-state index contributed by atoms with van der Waals surface area (Å²) in [5.74, 6) is 1.66. The summed E-state index contributed by atoms with van der Waals surface area (Å²) >= 11 is 0. The molecule has 2 rings (SSSR count). The molecule has 0 fully saturated rings. The van der Waals surface area contributed by atoms with E-state index in [9.17, 15) is 8.42 Å². The maximum absolute atomic E-state index is 12.5. The number of methoxy groups -OCH3 is 1. The van der Waals surface area contributed by atoms with Crippen LogP contribution >= 0.6 is 0 Å². The van der Waals surface area contributed by atoms with E-state index in [1.807, 2.05) is 6.92 Å². The van der Waals surface area contributed by atoms with Crippen LogP contribution in [0.15, 0.2) is 39.6 Å². The minimum Gasteiger partial charge on any atom is -0.495 e. The number of furan rings is 1. The quantitative estimate of drug-likeness (QED) is 0.854. The van der Waals surface area contributed by atoms with Crippen LogP contribution in [0.5, 0.6) is 5.75 Å². The summed E-state index contributed by atoms with van der Waals surface area (Å²) in [6.45, 7) is 1.96. The van der Waals surface area contributed by atoms with E-state index in [4.69, 9.17) is 14.9 Å². The Hall–Kier alpha value is -1.99. The molecule has 0 amide bonds. The zero-order valence-corrected chi connectivity index (χ0v) is 13.0. The highest BCUT2D eigenvalue weighted by molar-refractivity contribution is 7.89. The van der Waals surface area contributed by atoms with Crippen molar-refractivity contribution in [1.82, 2.24) is 4.31 Å². The number of ether oxygens (including phenoxy) is 1. The average Bonchev–Trinajstić information content (AvgIpc) is 2.84. The summed E-state index contributed by atoms with van der Waals surface area (Å²) in [6, 6.07) is 7.93. The standard InChI is InChI=1S/C14H18N2O4S/c1-10-4-5-11(20-10)9-16(2)21(17,18)12-6-7-13(15)14(8-12)19-3/h4-8H,9,15H2,1-3H3. The molecule has 0 aliphatic heterocycles. The van der Waals surface area contributed by atoms with Gasteiger partial charge in [-0.15, -0.1) is 0 Å². The summed E-state index contributed by atoms with van der Waals surface area (Å²) in [4.78, 5) is 0.124. The van der Waals surface area contributed by atoms with Gasteiger partial charge in [-0.1, -0.05) is 0 Å². The Kier molecular flexibility index (Phi) is 4.24. The van der Waals surface area contributed by atoms with Gasteiger partial charge in [-0.3, -0.25) is 0 Å². The lowest BCUT2D eigenvalue weighted by Gasteiger charge is -2.17. The molecule has 0 spiro atoms. The Morgan fingerprint density at radius 2 is 2.00 bits per heavy atom. The Balaban J connectivity index is 2.28. The summed E-state index contributed by atoms with van der Waals surface area (Å²) in [5.41, 5.74) is 6.09. The molecule has 1 aromatic heterocycles. The van der Waals surface area contributed by atoms with E-state index in [0.29, 0.717) is 17.2 Å². The average molecular weight is 310 g/mol. The van der Waals surface area contributed by atoms with Crippen molar-refractivity contribution in [3.8, 4) is 5.75 Å². The second-order valence-corrected chi connectivity index (χ2v) is 6.72. The molecule has 1 aromatic carbocycles. The first-order chi connectivity index (χ1) is 9.84. The number of nitrogens with zero attached hydrogens (tertiary/aromatic N) is 1. The van der Waals surface area contributed by atoms with E-state index >= 15 is 0 Å². The molecule has 7 heteroatoms. The fourth-order valence-electron chi connectivity index (χ4n) is 1.91. The fourth-order valence-corrected chi connectivity index (χ4v) is 3.06. The van der Waals surface area contributed by atoms with Gasteiger partial charge in [0.2, 0.25) is 10.0 Å². The lowest BCUT2D eigenvalue weighted by Crippen LogP contribution is -2.26. The molecule has 0 aliphatic rings. The summed E-state index contributed by atoms with van der Waals surface area (Å²) in [5, 5.41) is 0. The normalized spacial score (nSPS) is 11.8. The Morgan fingerprint density at radius 3 is 2.57 bits per heavy atom. The van der Waals surface area contributed by atoms with Crippen LogP contribution < -0.4 is 10.5 Å². The number of sulfonamides is 1. The van der Waals surface area contributed by atoms with Crippen LogP contribution in [0.1, 0.15) is 11.5 Å². The van der Waals surface area contributed by atoms with Crippen LogP contribution in [0.25, 0.3) is 0 Å². The molecule has 0 aliphatic carbocycles. The monoisotopic (exact) mass is 310 g/mol. The van der Waals surface area contributed by atoms with Crippen molar-refractivity contribution in [2.24, 2.45) is 0 Å². The zero-order valence-electron chi connectivity index (χ0n) is 12.2. The topological polar surface area (TPSA) is 85.8 Å². The zero-order chi connectivity index (χ0) is 15.6. The summed E-state index contributed by atoms with van der Waals surface area (Å²) in [7, 11) is -0.702. The van der Waals surface area contributed by atoms with Crippen LogP contribution in [0, 0.1) is 6.92 Å². The number of benzene rings is 1. The number of rotatable bonds is 5. The number of anilines is 1. The second-order valence-electron chi connectivity index (χ2n) is 4.68. The highest BCUT2D eigenvalue weighted by Gasteiger charge is 2.23. The number of nitrogens with two attached hydrogens (primary N) is 1. The number of hydrogen-bond acceptors (Lipinski definition) is 5. The highest BCUT2D eigenvalue weighted by atomic mass is 32.2. The summed E-state index contributed by atoms with van der Waals surface area (Å²) < 4.78 is 36.7. The maximum atomic E-state index is 12.5. The molecule has 0 unspecified atom stereocenters. The third kappa shape index (κ3) is 3.20.